The Balaban J connectivity index is 2.79. The fraction of sp³-hybridized carbons (Fsp3) is 0.733. The molecular formula is C15H27BrN4O. The quantitative estimate of drug-likeness (QED) is 0.775. The summed E-state index contributed by atoms with van der Waals surface area (Å²) in [5.41, 5.74) is 6.82. The summed E-state index contributed by atoms with van der Waals surface area (Å²) in [6.07, 6.45) is 4.64. The second-order valence-electron chi connectivity index (χ2n) is 5.84. The van der Waals surface area contributed by atoms with Crippen molar-refractivity contribution in [2.24, 2.45) is 11.7 Å². The summed E-state index contributed by atoms with van der Waals surface area (Å²) in [6, 6.07) is 0.170. The molecule has 5 nitrogen and oxygen atoms in total. The second-order valence-corrected chi connectivity index (χ2v) is 6.64. The molecule has 0 aromatic carbocycles. The zero-order chi connectivity index (χ0) is 16.0. The summed E-state index contributed by atoms with van der Waals surface area (Å²) < 4.78 is 2.10. The second kappa shape index (κ2) is 8.54. The molecule has 0 aliphatic heterocycles. The SMILES string of the molecule is CCCCn1ncc(N(C)CCC(N)C(C)C)c(Br)c1=O. The van der Waals surface area contributed by atoms with Crippen LogP contribution in [0.4, 0.5) is 5.69 Å². The van der Waals surface area contributed by atoms with Crippen molar-refractivity contribution in [3.63, 3.8) is 0 Å². The fourth-order valence-electron chi connectivity index (χ4n) is 1.99. The zero-order valence-electron chi connectivity index (χ0n) is 13.5. The fourth-order valence-corrected chi connectivity index (χ4v) is 2.60. The van der Waals surface area contributed by atoms with Crippen LogP contribution in [0.25, 0.3) is 0 Å². The van der Waals surface area contributed by atoms with E-state index in [0.717, 1.165) is 31.5 Å². The maximum absolute atomic E-state index is 12.2. The summed E-state index contributed by atoms with van der Waals surface area (Å²) in [4.78, 5) is 14.3. The Morgan fingerprint density at radius 2 is 2.14 bits per heavy atom. The maximum Gasteiger partial charge on any atom is 0.283 e. The van der Waals surface area contributed by atoms with Crippen molar-refractivity contribution >= 4 is 21.6 Å². The van der Waals surface area contributed by atoms with Crippen molar-refractivity contribution < 1.29 is 0 Å². The highest BCUT2D eigenvalue weighted by Crippen LogP contribution is 2.21. The first-order valence-corrected chi connectivity index (χ1v) is 8.40. The molecule has 0 saturated heterocycles. The molecule has 1 heterocycles. The minimum atomic E-state index is -0.0686. The van der Waals surface area contributed by atoms with Crippen LogP contribution in [-0.4, -0.2) is 29.4 Å². The van der Waals surface area contributed by atoms with Gasteiger partial charge in [-0.15, -0.1) is 0 Å². The number of hydrogen-bond donors (Lipinski definition) is 1. The van der Waals surface area contributed by atoms with Crippen molar-refractivity contribution in [1.29, 1.82) is 0 Å². The van der Waals surface area contributed by atoms with Gasteiger partial charge in [0.2, 0.25) is 0 Å². The molecular weight excluding hydrogens is 332 g/mol. The molecule has 1 unspecified atom stereocenters. The van der Waals surface area contributed by atoms with Gasteiger partial charge in [-0.1, -0.05) is 27.2 Å². The van der Waals surface area contributed by atoms with Gasteiger partial charge in [0, 0.05) is 26.2 Å². The number of aromatic nitrogens is 2. The van der Waals surface area contributed by atoms with Crippen LogP contribution in [0, 0.1) is 5.92 Å². The van der Waals surface area contributed by atoms with Gasteiger partial charge in [0.1, 0.15) is 4.47 Å². The van der Waals surface area contributed by atoms with Gasteiger partial charge in [-0.2, -0.15) is 5.10 Å². The van der Waals surface area contributed by atoms with Crippen LogP contribution in [0.5, 0.6) is 0 Å². The number of hydrogen-bond acceptors (Lipinski definition) is 4. The van der Waals surface area contributed by atoms with Gasteiger partial charge in [0.05, 0.1) is 11.9 Å². The molecule has 0 saturated carbocycles. The monoisotopic (exact) mass is 358 g/mol. The minimum Gasteiger partial charge on any atom is -0.372 e. The standard InChI is InChI=1S/C15H27BrN4O/c1-5-6-8-20-15(21)14(16)13(10-18-20)19(4)9-7-12(17)11(2)3/h10-12H,5-9,17H2,1-4H3. The predicted octanol–water partition coefficient (Wildman–Crippen LogP) is 2.62. The van der Waals surface area contributed by atoms with Gasteiger partial charge < -0.3 is 10.6 Å². The lowest BCUT2D eigenvalue weighted by Gasteiger charge is -2.23. The molecule has 0 amide bonds. The third kappa shape index (κ3) is 5.11. The molecule has 0 bridgehead atoms. The van der Waals surface area contributed by atoms with E-state index < -0.39 is 0 Å². The molecule has 0 aliphatic rings. The van der Waals surface area contributed by atoms with Crippen molar-refractivity contribution in [3.05, 3.63) is 21.0 Å². The predicted molar refractivity (Wildman–Crippen MR) is 91.8 cm³/mol. The van der Waals surface area contributed by atoms with E-state index in [2.05, 4.69) is 41.8 Å². The summed E-state index contributed by atoms with van der Waals surface area (Å²) in [6.45, 7) is 7.81. The molecule has 1 aromatic heterocycles. The Kier molecular flexibility index (Phi) is 7.39. The lowest BCUT2D eigenvalue weighted by molar-refractivity contribution is 0.465. The van der Waals surface area contributed by atoms with Crippen LogP contribution in [-0.2, 0) is 6.54 Å². The molecule has 6 heteroatoms. The summed E-state index contributed by atoms with van der Waals surface area (Å²) >= 11 is 3.41. The van der Waals surface area contributed by atoms with Gasteiger partial charge in [-0.05, 0) is 34.7 Å². The van der Waals surface area contributed by atoms with Crippen LogP contribution in [0.2, 0.25) is 0 Å². The number of rotatable bonds is 8. The summed E-state index contributed by atoms with van der Waals surface area (Å²) in [5, 5.41) is 4.26. The molecule has 2 N–H and O–H groups in total. The average Bonchev–Trinajstić information content (AvgIpc) is 2.45. The highest BCUT2D eigenvalue weighted by atomic mass is 79.9. The Bertz CT molecular complexity index is 501. The smallest absolute Gasteiger partial charge is 0.283 e. The Hall–Kier alpha value is -0.880. The summed E-state index contributed by atoms with van der Waals surface area (Å²) in [5.74, 6) is 0.460. The van der Waals surface area contributed by atoms with Gasteiger partial charge in [-0.25, -0.2) is 4.68 Å². The van der Waals surface area contributed by atoms with Crippen molar-refractivity contribution in [2.75, 3.05) is 18.5 Å². The Morgan fingerprint density at radius 1 is 1.48 bits per heavy atom. The van der Waals surface area contributed by atoms with E-state index in [-0.39, 0.29) is 11.6 Å². The number of nitrogens with two attached hydrogens (primary N) is 1. The number of nitrogens with zero attached hydrogens (tertiary/aromatic N) is 3. The lowest BCUT2D eigenvalue weighted by Crippen LogP contribution is -2.33. The van der Waals surface area contributed by atoms with Crippen LogP contribution in [0.1, 0.15) is 40.0 Å². The number of anilines is 1. The van der Waals surface area contributed by atoms with Gasteiger partial charge >= 0.3 is 0 Å². The Morgan fingerprint density at radius 3 is 2.71 bits per heavy atom. The third-order valence-corrected chi connectivity index (χ3v) is 4.50. The first-order valence-electron chi connectivity index (χ1n) is 7.60. The lowest BCUT2D eigenvalue weighted by atomic mass is 10.0. The highest BCUT2D eigenvalue weighted by molar-refractivity contribution is 9.10. The molecule has 1 rings (SSSR count). The van der Waals surface area contributed by atoms with Crippen molar-refractivity contribution in [1.82, 2.24) is 9.78 Å². The minimum absolute atomic E-state index is 0.0686. The highest BCUT2D eigenvalue weighted by Gasteiger charge is 2.14. The van der Waals surface area contributed by atoms with Gasteiger partial charge in [0.15, 0.2) is 0 Å². The number of unbranched alkanes of at least 4 members (excludes halogenated alkanes) is 1. The molecule has 120 valence electrons. The molecule has 1 atom stereocenters. The van der Waals surface area contributed by atoms with Crippen LogP contribution in [0.15, 0.2) is 15.5 Å². The summed E-state index contributed by atoms with van der Waals surface area (Å²) in [7, 11) is 1.96. The van der Waals surface area contributed by atoms with E-state index in [1.54, 1.807) is 6.20 Å². The van der Waals surface area contributed by atoms with E-state index in [4.69, 9.17) is 5.73 Å². The topological polar surface area (TPSA) is 64.2 Å². The van der Waals surface area contributed by atoms with E-state index in [1.165, 1.54) is 4.68 Å². The molecule has 0 spiro atoms. The van der Waals surface area contributed by atoms with Gasteiger partial charge in [0.25, 0.3) is 5.56 Å². The van der Waals surface area contributed by atoms with E-state index >= 15 is 0 Å². The van der Waals surface area contributed by atoms with E-state index in [0.29, 0.717) is 16.9 Å². The first-order chi connectivity index (χ1) is 9.88. The Labute approximate surface area is 135 Å². The number of aryl methyl sites for hydroxylation is 1. The van der Waals surface area contributed by atoms with Crippen LogP contribution < -0.4 is 16.2 Å². The maximum atomic E-state index is 12.2. The first kappa shape index (κ1) is 18.2. The zero-order valence-corrected chi connectivity index (χ0v) is 15.1. The van der Waals surface area contributed by atoms with Crippen molar-refractivity contribution in [2.45, 2.75) is 52.6 Å². The van der Waals surface area contributed by atoms with Gasteiger partial charge in [-0.3, -0.25) is 4.79 Å². The molecule has 1 aromatic rings. The average molecular weight is 359 g/mol. The van der Waals surface area contributed by atoms with E-state index in [9.17, 15) is 4.79 Å². The van der Waals surface area contributed by atoms with Crippen molar-refractivity contribution in [3.8, 4) is 0 Å². The van der Waals surface area contributed by atoms with Crippen LogP contribution >= 0.6 is 15.9 Å². The normalized spacial score (nSPS) is 12.7. The largest absolute Gasteiger partial charge is 0.372 e. The third-order valence-electron chi connectivity index (χ3n) is 3.76. The molecule has 21 heavy (non-hydrogen) atoms. The van der Waals surface area contributed by atoms with E-state index in [1.807, 2.05) is 11.9 Å². The number of halogens is 1. The van der Waals surface area contributed by atoms with Crippen LogP contribution in [0.3, 0.4) is 0 Å². The molecule has 0 fully saturated rings. The molecule has 0 radical (unpaired) electrons. The molecule has 0 aliphatic carbocycles.